The Hall–Kier alpha value is -0.290. The van der Waals surface area contributed by atoms with Gasteiger partial charge in [-0.2, -0.15) is 13.2 Å². The van der Waals surface area contributed by atoms with Crippen molar-refractivity contribution in [3.63, 3.8) is 0 Å². The van der Waals surface area contributed by atoms with E-state index in [0.29, 0.717) is 13.2 Å². The highest BCUT2D eigenvalue weighted by molar-refractivity contribution is 4.48. The lowest BCUT2D eigenvalue weighted by Gasteiger charge is -2.07. The van der Waals surface area contributed by atoms with E-state index in [1.54, 1.807) is 0 Å². The number of unbranched alkanes of at least 4 members (excludes halogenated alkanes) is 2. The quantitative estimate of drug-likeness (QED) is 0.564. The van der Waals surface area contributed by atoms with Crippen molar-refractivity contribution in [1.29, 1.82) is 0 Å². The van der Waals surface area contributed by atoms with Gasteiger partial charge in [0.15, 0.2) is 0 Å². The number of halogens is 3. The smallest absolute Gasteiger partial charge is 0.382 e. The normalized spacial score (nSPS) is 12.0. The van der Waals surface area contributed by atoms with E-state index < -0.39 is 12.6 Å². The molecule has 0 spiro atoms. The van der Waals surface area contributed by atoms with Gasteiger partial charge in [0.2, 0.25) is 0 Å². The SMILES string of the molecule is CCOCCCCCOCCC(F)(F)F. The van der Waals surface area contributed by atoms with Crippen LogP contribution < -0.4 is 0 Å². The van der Waals surface area contributed by atoms with E-state index in [2.05, 4.69) is 0 Å². The summed E-state index contributed by atoms with van der Waals surface area (Å²) < 4.78 is 45.0. The van der Waals surface area contributed by atoms with Crippen LogP contribution in [-0.2, 0) is 9.47 Å². The second-order valence-corrected chi connectivity index (χ2v) is 3.24. The first-order valence-corrected chi connectivity index (χ1v) is 5.28. The molecule has 0 rings (SSSR count). The summed E-state index contributed by atoms with van der Waals surface area (Å²) in [5.74, 6) is 0. The Morgan fingerprint density at radius 3 is 2.00 bits per heavy atom. The molecule has 92 valence electrons. The Labute approximate surface area is 88.7 Å². The molecule has 0 aliphatic carbocycles. The average Bonchev–Trinajstić information content (AvgIpc) is 2.14. The zero-order chi connectivity index (χ0) is 11.6. The predicted octanol–water partition coefficient (Wildman–Crippen LogP) is 3.16. The third kappa shape index (κ3) is 13.7. The Morgan fingerprint density at radius 1 is 0.867 bits per heavy atom. The Balaban J connectivity index is 2.99. The zero-order valence-corrected chi connectivity index (χ0v) is 9.11. The molecule has 5 heteroatoms. The van der Waals surface area contributed by atoms with E-state index in [0.717, 1.165) is 25.9 Å². The van der Waals surface area contributed by atoms with Crippen molar-refractivity contribution in [2.75, 3.05) is 26.4 Å². The van der Waals surface area contributed by atoms with Crippen LogP contribution in [0.3, 0.4) is 0 Å². The number of rotatable bonds is 9. The first kappa shape index (κ1) is 14.7. The van der Waals surface area contributed by atoms with Crippen LogP contribution in [0.1, 0.15) is 32.6 Å². The molecule has 0 aromatic rings. The molecular formula is C10H19F3O2. The van der Waals surface area contributed by atoms with Crippen LogP contribution in [0.2, 0.25) is 0 Å². The average molecular weight is 228 g/mol. The minimum absolute atomic E-state index is 0.227. The van der Waals surface area contributed by atoms with Crippen molar-refractivity contribution in [3.05, 3.63) is 0 Å². The van der Waals surface area contributed by atoms with Crippen molar-refractivity contribution >= 4 is 0 Å². The second kappa shape index (κ2) is 8.97. The zero-order valence-electron chi connectivity index (χ0n) is 9.11. The fourth-order valence-electron chi connectivity index (χ4n) is 1.02. The minimum Gasteiger partial charge on any atom is -0.382 e. The van der Waals surface area contributed by atoms with Gasteiger partial charge >= 0.3 is 6.18 Å². The molecular weight excluding hydrogens is 209 g/mol. The lowest BCUT2D eigenvalue weighted by molar-refractivity contribution is -0.145. The summed E-state index contributed by atoms with van der Waals surface area (Å²) in [5, 5.41) is 0. The molecule has 0 saturated carbocycles. The summed E-state index contributed by atoms with van der Waals surface area (Å²) in [7, 11) is 0. The molecule has 0 fully saturated rings. The molecule has 0 radical (unpaired) electrons. The van der Waals surface area contributed by atoms with Crippen molar-refractivity contribution < 1.29 is 22.6 Å². The van der Waals surface area contributed by atoms with Crippen molar-refractivity contribution in [2.45, 2.75) is 38.8 Å². The van der Waals surface area contributed by atoms with Gasteiger partial charge in [-0.1, -0.05) is 0 Å². The molecule has 0 unspecified atom stereocenters. The van der Waals surface area contributed by atoms with E-state index in [4.69, 9.17) is 9.47 Å². The topological polar surface area (TPSA) is 18.5 Å². The maximum atomic E-state index is 11.7. The summed E-state index contributed by atoms with van der Waals surface area (Å²) in [5.41, 5.74) is 0. The van der Waals surface area contributed by atoms with E-state index >= 15 is 0 Å². The van der Waals surface area contributed by atoms with Crippen LogP contribution in [0.25, 0.3) is 0 Å². The third-order valence-electron chi connectivity index (χ3n) is 1.81. The van der Waals surface area contributed by atoms with Gasteiger partial charge < -0.3 is 9.47 Å². The Kier molecular flexibility index (Phi) is 8.80. The summed E-state index contributed by atoms with van der Waals surface area (Å²) in [6.07, 6.45) is -2.28. The molecule has 0 aromatic carbocycles. The highest BCUT2D eigenvalue weighted by atomic mass is 19.4. The van der Waals surface area contributed by atoms with Crippen molar-refractivity contribution in [1.82, 2.24) is 0 Å². The van der Waals surface area contributed by atoms with Crippen molar-refractivity contribution in [3.8, 4) is 0 Å². The Bertz CT molecular complexity index is 137. The van der Waals surface area contributed by atoms with E-state index in [1.165, 1.54) is 0 Å². The molecule has 0 heterocycles. The molecule has 0 saturated heterocycles. The largest absolute Gasteiger partial charge is 0.391 e. The molecule has 0 atom stereocenters. The molecule has 0 amide bonds. The fraction of sp³-hybridized carbons (Fsp3) is 1.00. The molecule has 0 aliphatic rings. The Morgan fingerprint density at radius 2 is 1.47 bits per heavy atom. The van der Waals surface area contributed by atoms with Gasteiger partial charge in [-0.05, 0) is 26.2 Å². The van der Waals surface area contributed by atoms with Crippen LogP contribution in [0.15, 0.2) is 0 Å². The first-order valence-electron chi connectivity index (χ1n) is 5.28. The second-order valence-electron chi connectivity index (χ2n) is 3.24. The first-order chi connectivity index (χ1) is 7.06. The van der Waals surface area contributed by atoms with Crippen LogP contribution in [0.4, 0.5) is 13.2 Å². The van der Waals surface area contributed by atoms with Gasteiger partial charge in [-0.15, -0.1) is 0 Å². The van der Waals surface area contributed by atoms with Crippen molar-refractivity contribution in [2.24, 2.45) is 0 Å². The highest BCUT2D eigenvalue weighted by Crippen LogP contribution is 2.18. The fourth-order valence-corrected chi connectivity index (χ4v) is 1.02. The third-order valence-corrected chi connectivity index (χ3v) is 1.81. The van der Waals surface area contributed by atoms with Crippen LogP contribution in [-0.4, -0.2) is 32.6 Å². The van der Waals surface area contributed by atoms with Gasteiger partial charge in [0.1, 0.15) is 0 Å². The number of hydrogen-bond donors (Lipinski definition) is 0. The minimum atomic E-state index is -4.10. The van der Waals surface area contributed by atoms with Crippen LogP contribution >= 0.6 is 0 Å². The maximum Gasteiger partial charge on any atom is 0.391 e. The molecule has 15 heavy (non-hydrogen) atoms. The molecule has 0 aromatic heterocycles. The highest BCUT2D eigenvalue weighted by Gasteiger charge is 2.26. The molecule has 0 N–H and O–H groups in total. The van der Waals surface area contributed by atoms with Gasteiger partial charge in [0.05, 0.1) is 13.0 Å². The van der Waals surface area contributed by atoms with Crippen LogP contribution in [0, 0.1) is 0 Å². The summed E-state index contributed by atoms with van der Waals surface area (Å²) in [6.45, 7) is 3.54. The molecule has 0 bridgehead atoms. The van der Waals surface area contributed by atoms with Gasteiger partial charge in [-0.3, -0.25) is 0 Å². The standard InChI is InChI=1S/C10H19F3O2/c1-2-14-7-4-3-5-8-15-9-6-10(11,12)13/h2-9H2,1H3. The lowest BCUT2D eigenvalue weighted by atomic mass is 10.2. The monoisotopic (exact) mass is 228 g/mol. The predicted molar refractivity (Wildman–Crippen MR) is 51.8 cm³/mol. The van der Waals surface area contributed by atoms with Gasteiger partial charge in [0.25, 0.3) is 0 Å². The number of hydrogen-bond acceptors (Lipinski definition) is 2. The summed E-state index contributed by atoms with van der Waals surface area (Å²) >= 11 is 0. The van der Waals surface area contributed by atoms with Gasteiger partial charge in [0, 0.05) is 19.8 Å². The van der Waals surface area contributed by atoms with E-state index in [9.17, 15) is 13.2 Å². The lowest BCUT2D eigenvalue weighted by Crippen LogP contribution is -2.11. The van der Waals surface area contributed by atoms with Gasteiger partial charge in [-0.25, -0.2) is 0 Å². The van der Waals surface area contributed by atoms with E-state index in [-0.39, 0.29) is 6.61 Å². The number of ether oxygens (including phenoxy) is 2. The van der Waals surface area contributed by atoms with E-state index in [1.807, 2.05) is 6.92 Å². The van der Waals surface area contributed by atoms with Crippen LogP contribution in [0.5, 0.6) is 0 Å². The maximum absolute atomic E-state index is 11.7. The summed E-state index contributed by atoms with van der Waals surface area (Å²) in [4.78, 5) is 0. The number of alkyl halides is 3. The summed E-state index contributed by atoms with van der Waals surface area (Å²) in [6, 6.07) is 0. The molecule has 0 aliphatic heterocycles. The molecule has 2 nitrogen and oxygen atoms in total.